The quantitative estimate of drug-likeness (QED) is 0.679. The third-order valence-corrected chi connectivity index (χ3v) is 3.40. The summed E-state index contributed by atoms with van der Waals surface area (Å²) in [6.45, 7) is 7.50. The maximum atomic E-state index is 5.92. The van der Waals surface area contributed by atoms with Crippen LogP contribution in [0.25, 0.3) is 22.1 Å². The van der Waals surface area contributed by atoms with E-state index in [-0.39, 0.29) is 18.5 Å². The summed E-state index contributed by atoms with van der Waals surface area (Å²) >= 11 is 0. The van der Waals surface area contributed by atoms with Gasteiger partial charge in [0.05, 0.1) is 6.10 Å². The summed E-state index contributed by atoms with van der Waals surface area (Å²) in [4.78, 5) is 9.00. The summed E-state index contributed by atoms with van der Waals surface area (Å²) in [5, 5.41) is 4.36. The summed E-state index contributed by atoms with van der Waals surface area (Å²) < 4.78 is 11.5. The van der Waals surface area contributed by atoms with Gasteiger partial charge in [0.15, 0.2) is 11.4 Å². The molecule has 0 aliphatic carbocycles. The Morgan fingerprint density at radius 3 is 2.78 bits per heavy atom. The molecule has 6 heteroatoms. The smallest absolute Gasteiger partial charge is 0.196 e. The number of hydrogen-bond acceptors (Lipinski definition) is 5. The lowest BCUT2D eigenvalue weighted by atomic mass is 10.2. The second-order valence-corrected chi connectivity index (χ2v) is 5.60. The zero-order valence-electron chi connectivity index (χ0n) is 13.6. The van der Waals surface area contributed by atoms with E-state index in [4.69, 9.17) is 9.15 Å². The highest BCUT2D eigenvalue weighted by atomic mass is 35.5. The molecule has 0 saturated carbocycles. The van der Waals surface area contributed by atoms with Gasteiger partial charge in [0.25, 0.3) is 0 Å². The van der Waals surface area contributed by atoms with Crippen LogP contribution in [0.3, 0.4) is 0 Å². The van der Waals surface area contributed by atoms with Crippen molar-refractivity contribution in [2.45, 2.75) is 33.3 Å². The van der Waals surface area contributed by atoms with Gasteiger partial charge in [-0.15, -0.1) is 12.4 Å². The lowest BCUT2D eigenvalue weighted by molar-refractivity contribution is 0.0787. The monoisotopic (exact) mass is 335 g/mol. The fourth-order valence-corrected chi connectivity index (χ4v) is 2.42. The first-order valence-electron chi connectivity index (χ1n) is 7.66. The number of para-hydroxylation sites is 1. The van der Waals surface area contributed by atoms with Crippen molar-refractivity contribution in [2.75, 3.05) is 18.5 Å². The largest absolute Gasteiger partial charge is 0.450 e. The minimum atomic E-state index is 0. The van der Waals surface area contributed by atoms with Gasteiger partial charge in [0.2, 0.25) is 0 Å². The molecule has 0 bridgehead atoms. The van der Waals surface area contributed by atoms with Crippen LogP contribution >= 0.6 is 12.4 Å². The number of anilines is 1. The average molecular weight is 336 g/mol. The first kappa shape index (κ1) is 17.5. The van der Waals surface area contributed by atoms with Crippen molar-refractivity contribution in [2.24, 2.45) is 0 Å². The van der Waals surface area contributed by atoms with Gasteiger partial charge in [-0.05, 0) is 39.3 Å². The van der Waals surface area contributed by atoms with E-state index in [1.807, 2.05) is 45.0 Å². The highest BCUT2D eigenvalue weighted by Gasteiger charge is 2.13. The normalized spacial score (nSPS) is 11.1. The van der Waals surface area contributed by atoms with E-state index in [1.54, 1.807) is 0 Å². The molecular weight excluding hydrogens is 314 g/mol. The number of halogens is 1. The lowest BCUT2D eigenvalue weighted by Gasteiger charge is -2.09. The van der Waals surface area contributed by atoms with Crippen LogP contribution in [-0.4, -0.2) is 29.2 Å². The number of ether oxygens (including phenoxy) is 1. The Kier molecular flexibility index (Phi) is 5.80. The molecule has 3 aromatic rings. The van der Waals surface area contributed by atoms with Gasteiger partial charge in [-0.25, -0.2) is 9.97 Å². The van der Waals surface area contributed by atoms with Crippen LogP contribution < -0.4 is 5.32 Å². The van der Waals surface area contributed by atoms with Crippen LogP contribution in [0, 0.1) is 6.92 Å². The Hall–Kier alpha value is -1.85. The van der Waals surface area contributed by atoms with Crippen molar-refractivity contribution in [3.63, 3.8) is 0 Å². The number of rotatable bonds is 6. The van der Waals surface area contributed by atoms with E-state index in [0.717, 1.165) is 53.3 Å². The maximum absolute atomic E-state index is 5.92. The van der Waals surface area contributed by atoms with Crippen molar-refractivity contribution < 1.29 is 9.15 Å². The lowest BCUT2D eigenvalue weighted by Crippen LogP contribution is -2.10. The van der Waals surface area contributed by atoms with Crippen LogP contribution in [0.15, 0.2) is 28.7 Å². The van der Waals surface area contributed by atoms with Gasteiger partial charge in [0.1, 0.15) is 16.9 Å². The summed E-state index contributed by atoms with van der Waals surface area (Å²) in [5.74, 6) is 1.49. The molecule has 0 unspecified atom stereocenters. The van der Waals surface area contributed by atoms with Gasteiger partial charge in [-0.2, -0.15) is 0 Å². The maximum Gasteiger partial charge on any atom is 0.196 e. The first-order chi connectivity index (χ1) is 10.6. The molecule has 23 heavy (non-hydrogen) atoms. The molecule has 5 nitrogen and oxygen atoms in total. The summed E-state index contributed by atoms with van der Waals surface area (Å²) in [7, 11) is 0. The summed E-state index contributed by atoms with van der Waals surface area (Å²) in [5.41, 5.74) is 2.42. The van der Waals surface area contributed by atoms with Gasteiger partial charge >= 0.3 is 0 Å². The number of nitrogens with one attached hydrogen (secondary N) is 1. The number of nitrogens with zero attached hydrogens (tertiary/aromatic N) is 2. The van der Waals surface area contributed by atoms with E-state index in [1.165, 1.54) is 0 Å². The number of aryl methyl sites for hydroxylation is 1. The zero-order chi connectivity index (χ0) is 15.5. The standard InChI is InChI=1S/C17H21N3O2.ClH/c1-11(2)21-10-6-9-18-17-16-15(19-12(3)20-17)13-7-4-5-8-14(13)22-16;/h4-5,7-8,11H,6,9-10H2,1-3H3,(H,18,19,20);1H. The SMILES string of the molecule is Cc1nc(NCCCOC(C)C)c2oc3ccccc3c2n1.Cl. The van der Waals surface area contributed by atoms with E-state index >= 15 is 0 Å². The van der Waals surface area contributed by atoms with Crippen LogP contribution in [0.4, 0.5) is 5.82 Å². The highest BCUT2D eigenvalue weighted by molar-refractivity contribution is 6.05. The third kappa shape index (κ3) is 3.92. The molecule has 2 aromatic heterocycles. The third-order valence-electron chi connectivity index (χ3n) is 3.40. The number of benzene rings is 1. The van der Waals surface area contributed by atoms with Crippen molar-refractivity contribution in [1.29, 1.82) is 0 Å². The molecule has 2 heterocycles. The van der Waals surface area contributed by atoms with Crippen LogP contribution in [0.1, 0.15) is 26.1 Å². The Morgan fingerprint density at radius 1 is 1.22 bits per heavy atom. The molecule has 0 aliphatic heterocycles. The minimum Gasteiger partial charge on any atom is -0.450 e. The van der Waals surface area contributed by atoms with Crippen molar-refractivity contribution >= 4 is 40.3 Å². The van der Waals surface area contributed by atoms with Gasteiger partial charge < -0.3 is 14.5 Å². The Labute approximate surface area is 141 Å². The molecule has 0 radical (unpaired) electrons. The number of aromatic nitrogens is 2. The van der Waals surface area contributed by atoms with Crippen molar-refractivity contribution in [3.05, 3.63) is 30.1 Å². The molecule has 0 fully saturated rings. The molecule has 0 amide bonds. The van der Waals surface area contributed by atoms with E-state index < -0.39 is 0 Å². The zero-order valence-corrected chi connectivity index (χ0v) is 14.4. The summed E-state index contributed by atoms with van der Waals surface area (Å²) in [6, 6.07) is 7.92. The van der Waals surface area contributed by atoms with Crippen molar-refractivity contribution in [1.82, 2.24) is 9.97 Å². The predicted octanol–water partition coefficient (Wildman–Crippen LogP) is 4.33. The Morgan fingerprint density at radius 2 is 2.00 bits per heavy atom. The Bertz CT molecular complexity index is 786. The number of furan rings is 1. The molecule has 0 saturated heterocycles. The van der Waals surface area contributed by atoms with Crippen LogP contribution in [0.5, 0.6) is 0 Å². The van der Waals surface area contributed by atoms with Crippen LogP contribution in [-0.2, 0) is 4.74 Å². The Balaban J connectivity index is 0.00000192. The molecule has 0 atom stereocenters. The predicted molar refractivity (Wildman–Crippen MR) is 95.5 cm³/mol. The fraction of sp³-hybridized carbons (Fsp3) is 0.412. The fourth-order valence-electron chi connectivity index (χ4n) is 2.42. The van der Waals surface area contributed by atoms with E-state index in [9.17, 15) is 0 Å². The second kappa shape index (κ2) is 7.62. The van der Waals surface area contributed by atoms with E-state index in [0.29, 0.717) is 0 Å². The van der Waals surface area contributed by atoms with Crippen molar-refractivity contribution in [3.8, 4) is 0 Å². The topological polar surface area (TPSA) is 60.2 Å². The molecule has 0 aliphatic rings. The summed E-state index contributed by atoms with van der Waals surface area (Å²) in [6.07, 6.45) is 1.19. The van der Waals surface area contributed by atoms with E-state index in [2.05, 4.69) is 15.3 Å². The minimum absolute atomic E-state index is 0. The van der Waals surface area contributed by atoms with Gasteiger partial charge in [0, 0.05) is 18.5 Å². The van der Waals surface area contributed by atoms with Crippen LogP contribution in [0.2, 0.25) is 0 Å². The molecule has 124 valence electrons. The molecule has 1 aromatic carbocycles. The molecular formula is C17H22ClN3O2. The highest BCUT2D eigenvalue weighted by Crippen LogP contribution is 2.30. The molecule has 3 rings (SSSR count). The number of hydrogen-bond donors (Lipinski definition) is 1. The van der Waals surface area contributed by atoms with Gasteiger partial charge in [-0.1, -0.05) is 12.1 Å². The molecule has 1 N–H and O–H groups in total. The second-order valence-electron chi connectivity index (χ2n) is 5.60. The van der Waals surface area contributed by atoms with Gasteiger partial charge in [-0.3, -0.25) is 0 Å². The molecule has 0 spiro atoms. The first-order valence-corrected chi connectivity index (χ1v) is 7.66. The number of fused-ring (bicyclic) bond motifs is 3. The average Bonchev–Trinajstić information content (AvgIpc) is 2.85.